The van der Waals surface area contributed by atoms with Gasteiger partial charge < -0.3 is 5.43 Å². The van der Waals surface area contributed by atoms with Crippen molar-refractivity contribution in [3.63, 3.8) is 0 Å². The molecule has 1 heterocycles. The number of rotatable bonds is 3. The van der Waals surface area contributed by atoms with Crippen LogP contribution in [0.15, 0.2) is 18.2 Å². The van der Waals surface area contributed by atoms with Crippen molar-refractivity contribution in [1.82, 2.24) is 4.98 Å². The van der Waals surface area contributed by atoms with Crippen LogP contribution in [0.2, 0.25) is 0 Å². The average molecular weight is 229 g/mol. The van der Waals surface area contributed by atoms with E-state index in [0.29, 0.717) is 0 Å². The van der Waals surface area contributed by atoms with Gasteiger partial charge in [-0.2, -0.15) is 0 Å². The van der Waals surface area contributed by atoms with Crippen molar-refractivity contribution >= 4 is 16.6 Å². The summed E-state index contributed by atoms with van der Waals surface area (Å²) in [5, 5.41) is 1.11. The van der Waals surface area contributed by atoms with E-state index >= 15 is 0 Å². The van der Waals surface area contributed by atoms with E-state index in [1.54, 1.807) is 0 Å². The summed E-state index contributed by atoms with van der Waals surface area (Å²) in [6, 6.07) is 6.27. The minimum absolute atomic E-state index is 0.925. The summed E-state index contributed by atoms with van der Waals surface area (Å²) in [6.45, 7) is 6.34. The highest BCUT2D eigenvalue weighted by molar-refractivity contribution is 5.95. The maximum Gasteiger partial charge on any atom is 0.0758 e. The smallest absolute Gasteiger partial charge is 0.0758 e. The molecule has 1 aromatic carbocycles. The fourth-order valence-electron chi connectivity index (χ4n) is 2.31. The molecule has 1 aromatic heterocycles. The van der Waals surface area contributed by atoms with Crippen LogP contribution in [0.5, 0.6) is 0 Å². The molecule has 0 atom stereocenters. The first-order valence-electron chi connectivity index (χ1n) is 6.10. The van der Waals surface area contributed by atoms with E-state index in [0.717, 1.165) is 40.7 Å². The van der Waals surface area contributed by atoms with Crippen LogP contribution in [0.3, 0.4) is 0 Å². The number of aromatic nitrogens is 1. The Balaban J connectivity index is 2.87. The molecular weight excluding hydrogens is 210 g/mol. The first kappa shape index (κ1) is 11.9. The number of hydrogen-bond donors (Lipinski definition) is 2. The summed E-state index contributed by atoms with van der Waals surface area (Å²) in [6.07, 6.45) is 1.91. The number of aryl methyl sites for hydroxylation is 2. The lowest BCUT2D eigenvalue weighted by atomic mass is 10.0. The maximum absolute atomic E-state index is 5.65. The Bertz CT molecular complexity index is 547. The third kappa shape index (κ3) is 1.87. The zero-order valence-corrected chi connectivity index (χ0v) is 10.7. The highest BCUT2D eigenvalue weighted by Gasteiger charge is 2.11. The lowest BCUT2D eigenvalue weighted by molar-refractivity contribution is 1.02. The second-order valence-electron chi connectivity index (χ2n) is 4.22. The number of nitrogens with zero attached hydrogens (tertiary/aromatic N) is 1. The SMILES string of the molecule is CCc1nc2c(CC)cccc2c(NN)c1C. The van der Waals surface area contributed by atoms with Crippen LogP contribution < -0.4 is 11.3 Å². The van der Waals surface area contributed by atoms with E-state index in [9.17, 15) is 0 Å². The summed E-state index contributed by atoms with van der Waals surface area (Å²) in [4.78, 5) is 4.78. The van der Waals surface area contributed by atoms with Crippen molar-refractivity contribution in [1.29, 1.82) is 0 Å². The first-order valence-corrected chi connectivity index (χ1v) is 6.10. The van der Waals surface area contributed by atoms with Gasteiger partial charge in [-0.3, -0.25) is 10.8 Å². The maximum atomic E-state index is 5.65. The van der Waals surface area contributed by atoms with Gasteiger partial charge in [0.15, 0.2) is 0 Å². The zero-order chi connectivity index (χ0) is 12.4. The Kier molecular flexibility index (Phi) is 3.29. The molecule has 2 aromatic rings. The summed E-state index contributed by atoms with van der Waals surface area (Å²) in [7, 11) is 0. The molecule has 90 valence electrons. The number of benzene rings is 1. The monoisotopic (exact) mass is 229 g/mol. The molecule has 0 amide bonds. The van der Waals surface area contributed by atoms with E-state index < -0.39 is 0 Å². The number of pyridine rings is 1. The number of nitrogen functional groups attached to an aromatic ring is 1. The molecule has 3 N–H and O–H groups in total. The predicted octanol–water partition coefficient (Wildman–Crippen LogP) is 2.95. The molecule has 2 rings (SSSR count). The molecule has 0 bridgehead atoms. The van der Waals surface area contributed by atoms with Crippen molar-refractivity contribution in [3.05, 3.63) is 35.0 Å². The Morgan fingerprint density at radius 2 is 2.00 bits per heavy atom. The second-order valence-corrected chi connectivity index (χ2v) is 4.22. The predicted molar refractivity (Wildman–Crippen MR) is 73.0 cm³/mol. The molecule has 0 fully saturated rings. The van der Waals surface area contributed by atoms with Crippen LogP contribution in [0.25, 0.3) is 10.9 Å². The lowest BCUT2D eigenvalue weighted by Gasteiger charge is -2.14. The normalized spacial score (nSPS) is 10.8. The van der Waals surface area contributed by atoms with Crippen molar-refractivity contribution in [3.8, 4) is 0 Å². The van der Waals surface area contributed by atoms with Crippen LogP contribution >= 0.6 is 0 Å². The molecule has 0 unspecified atom stereocenters. The van der Waals surface area contributed by atoms with Gasteiger partial charge in [-0.1, -0.05) is 32.0 Å². The first-order chi connectivity index (χ1) is 8.22. The minimum Gasteiger partial charge on any atom is -0.323 e. The fourth-order valence-corrected chi connectivity index (χ4v) is 2.31. The van der Waals surface area contributed by atoms with Gasteiger partial charge in [0.2, 0.25) is 0 Å². The van der Waals surface area contributed by atoms with Gasteiger partial charge in [-0.25, -0.2) is 0 Å². The highest BCUT2D eigenvalue weighted by atomic mass is 15.2. The Morgan fingerprint density at radius 3 is 2.59 bits per heavy atom. The molecule has 0 aliphatic heterocycles. The molecule has 0 radical (unpaired) electrons. The van der Waals surface area contributed by atoms with Gasteiger partial charge in [0.05, 0.1) is 11.2 Å². The second kappa shape index (κ2) is 4.72. The van der Waals surface area contributed by atoms with Crippen LogP contribution in [0.1, 0.15) is 30.7 Å². The summed E-state index contributed by atoms with van der Waals surface area (Å²) < 4.78 is 0. The molecule has 0 aliphatic carbocycles. The fraction of sp³-hybridized carbons (Fsp3) is 0.357. The topological polar surface area (TPSA) is 50.9 Å². The van der Waals surface area contributed by atoms with Crippen LogP contribution in [0.4, 0.5) is 5.69 Å². The van der Waals surface area contributed by atoms with Crippen molar-refractivity contribution in [2.45, 2.75) is 33.6 Å². The van der Waals surface area contributed by atoms with Gasteiger partial charge >= 0.3 is 0 Å². The number of fused-ring (bicyclic) bond motifs is 1. The van der Waals surface area contributed by atoms with E-state index in [2.05, 4.69) is 44.4 Å². The number of hydrogen-bond acceptors (Lipinski definition) is 3. The van der Waals surface area contributed by atoms with Gasteiger partial charge in [0, 0.05) is 11.1 Å². The molecule has 0 aliphatic rings. The lowest BCUT2D eigenvalue weighted by Crippen LogP contribution is -2.11. The summed E-state index contributed by atoms with van der Waals surface area (Å²) in [5.41, 5.74) is 8.44. The van der Waals surface area contributed by atoms with Crippen molar-refractivity contribution < 1.29 is 0 Å². The average Bonchev–Trinajstić information content (AvgIpc) is 2.37. The van der Waals surface area contributed by atoms with Gasteiger partial charge in [-0.15, -0.1) is 0 Å². The highest BCUT2D eigenvalue weighted by Crippen LogP contribution is 2.29. The number of nitrogens with two attached hydrogens (primary N) is 1. The molecule has 3 nitrogen and oxygen atoms in total. The molecular formula is C14H19N3. The number of para-hydroxylation sites is 1. The molecule has 0 saturated carbocycles. The minimum atomic E-state index is 0.925. The summed E-state index contributed by atoms with van der Waals surface area (Å²) >= 11 is 0. The third-order valence-corrected chi connectivity index (χ3v) is 3.30. The quantitative estimate of drug-likeness (QED) is 0.628. The van der Waals surface area contributed by atoms with E-state index in [1.165, 1.54) is 5.56 Å². The van der Waals surface area contributed by atoms with Gasteiger partial charge in [0.1, 0.15) is 0 Å². The number of hydrazine groups is 1. The van der Waals surface area contributed by atoms with Crippen molar-refractivity contribution in [2.75, 3.05) is 5.43 Å². The van der Waals surface area contributed by atoms with Gasteiger partial charge in [0.25, 0.3) is 0 Å². The number of nitrogens with one attached hydrogen (secondary N) is 1. The molecule has 17 heavy (non-hydrogen) atoms. The van der Waals surface area contributed by atoms with E-state index in [-0.39, 0.29) is 0 Å². The van der Waals surface area contributed by atoms with Gasteiger partial charge in [-0.05, 0) is 30.9 Å². The Hall–Kier alpha value is -1.61. The molecule has 3 heteroatoms. The van der Waals surface area contributed by atoms with Crippen LogP contribution in [-0.4, -0.2) is 4.98 Å². The van der Waals surface area contributed by atoms with Crippen LogP contribution in [-0.2, 0) is 12.8 Å². The van der Waals surface area contributed by atoms with E-state index in [1.807, 2.05) is 0 Å². The Labute approximate surface area is 102 Å². The molecule has 0 saturated heterocycles. The largest absolute Gasteiger partial charge is 0.323 e. The summed E-state index contributed by atoms with van der Waals surface area (Å²) in [5.74, 6) is 5.65. The molecule has 0 spiro atoms. The van der Waals surface area contributed by atoms with Crippen LogP contribution in [0, 0.1) is 6.92 Å². The van der Waals surface area contributed by atoms with Crippen molar-refractivity contribution in [2.24, 2.45) is 5.84 Å². The Morgan fingerprint density at radius 1 is 1.24 bits per heavy atom. The third-order valence-electron chi connectivity index (χ3n) is 3.30. The zero-order valence-electron chi connectivity index (χ0n) is 10.7. The number of anilines is 1. The van der Waals surface area contributed by atoms with E-state index in [4.69, 9.17) is 10.8 Å². The standard InChI is InChI=1S/C14H19N3/c1-4-10-7-6-8-11-13(17-15)9(3)12(5-2)16-14(10)11/h6-8H,4-5,15H2,1-3H3,(H,16,17).